The Bertz CT molecular complexity index is 746. The molecule has 1 aromatic carbocycles. The maximum absolute atomic E-state index is 11.5. The van der Waals surface area contributed by atoms with Crippen molar-refractivity contribution in [1.29, 1.82) is 0 Å². The van der Waals surface area contributed by atoms with Crippen molar-refractivity contribution >= 4 is 10.9 Å². The van der Waals surface area contributed by atoms with Crippen LogP contribution in [0.3, 0.4) is 0 Å². The first kappa shape index (κ1) is 10.5. The van der Waals surface area contributed by atoms with Gasteiger partial charge in [-0.15, -0.1) is 0 Å². The summed E-state index contributed by atoms with van der Waals surface area (Å²) < 4.78 is 5.18. The van der Waals surface area contributed by atoms with Crippen LogP contribution in [-0.2, 0) is 0 Å². The molecule has 2 aromatic heterocycles. The van der Waals surface area contributed by atoms with Crippen molar-refractivity contribution < 1.29 is 4.74 Å². The maximum atomic E-state index is 11.5. The first-order valence-electron chi connectivity index (χ1n) is 5.36. The molecule has 0 aliphatic carbocycles. The number of nitrogens with zero attached hydrogens (tertiary/aromatic N) is 2. The molecule has 2 heterocycles. The van der Waals surface area contributed by atoms with Crippen LogP contribution < -0.4 is 10.4 Å². The molecular formula is C12H10N4O2. The lowest BCUT2D eigenvalue weighted by atomic mass is 10.1. The molecule has 2 N–H and O–H groups in total. The van der Waals surface area contributed by atoms with Gasteiger partial charge in [-0.2, -0.15) is 10.1 Å². The van der Waals surface area contributed by atoms with Crippen molar-refractivity contribution in [2.75, 3.05) is 7.11 Å². The van der Waals surface area contributed by atoms with Crippen LogP contribution >= 0.6 is 0 Å². The number of fused-ring (bicyclic) bond motifs is 1. The minimum Gasteiger partial charge on any atom is -0.497 e. The lowest BCUT2D eigenvalue weighted by Crippen LogP contribution is -2.11. The summed E-state index contributed by atoms with van der Waals surface area (Å²) >= 11 is 0. The van der Waals surface area contributed by atoms with E-state index in [-0.39, 0.29) is 0 Å². The first-order valence-corrected chi connectivity index (χ1v) is 5.36. The fourth-order valence-corrected chi connectivity index (χ4v) is 1.85. The van der Waals surface area contributed by atoms with E-state index in [0.29, 0.717) is 22.7 Å². The third-order valence-electron chi connectivity index (χ3n) is 2.69. The zero-order valence-electron chi connectivity index (χ0n) is 9.60. The van der Waals surface area contributed by atoms with E-state index in [2.05, 4.69) is 20.2 Å². The van der Waals surface area contributed by atoms with Gasteiger partial charge >= 0.3 is 5.69 Å². The van der Waals surface area contributed by atoms with Crippen LogP contribution in [0.25, 0.3) is 22.3 Å². The second kappa shape index (κ2) is 3.99. The number of H-pyrrole nitrogens is 2. The zero-order chi connectivity index (χ0) is 12.5. The SMILES string of the molecule is COc1ccc2[nH]c(=O)nc(-c3ccn[nH]3)c2c1. The fourth-order valence-electron chi connectivity index (χ4n) is 1.85. The third kappa shape index (κ3) is 1.64. The second-order valence-electron chi connectivity index (χ2n) is 3.77. The monoisotopic (exact) mass is 242 g/mol. The van der Waals surface area contributed by atoms with Gasteiger partial charge in [-0.05, 0) is 24.3 Å². The maximum Gasteiger partial charge on any atom is 0.346 e. The van der Waals surface area contributed by atoms with E-state index in [0.717, 1.165) is 5.39 Å². The van der Waals surface area contributed by atoms with Crippen molar-refractivity contribution in [1.82, 2.24) is 20.2 Å². The van der Waals surface area contributed by atoms with Crippen LogP contribution in [0, 0.1) is 0 Å². The molecule has 0 unspecified atom stereocenters. The lowest BCUT2D eigenvalue weighted by molar-refractivity contribution is 0.415. The number of hydrogen-bond acceptors (Lipinski definition) is 4. The molecule has 3 rings (SSSR count). The normalized spacial score (nSPS) is 10.7. The van der Waals surface area contributed by atoms with E-state index in [4.69, 9.17) is 4.74 Å². The Balaban J connectivity index is 2.38. The zero-order valence-corrected chi connectivity index (χ0v) is 9.60. The van der Waals surface area contributed by atoms with Crippen LogP contribution in [0.4, 0.5) is 0 Å². The minimum absolute atomic E-state index is 0.391. The van der Waals surface area contributed by atoms with Crippen molar-refractivity contribution in [3.63, 3.8) is 0 Å². The molecule has 3 aromatic rings. The fraction of sp³-hybridized carbons (Fsp3) is 0.0833. The molecule has 0 bridgehead atoms. The predicted octanol–water partition coefficient (Wildman–Crippen LogP) is 1.32. The Morgan fingerprint density at radius 3 is 2.89 bits per heavy atom. The molecule has 0 amide bonds. The number of rotatable bonds is 2. The van der Waals surface area contributed by atoms with Gasteiger partial charge in [-0.3, -0.25) is 5.10 Å². The molecule has 0 saturated heterocycles. The van der Waals surface area contributed by atoms with Crippen molar-refractivity contribution in [3.8, 4) is 17.1 Å². The number of aromatic nitrogens is 4. The molecule has 0 fully saturated rings. The van der Waals surface area contributed by atoms with E-state index >= 15 is 0 Å². The summed E-state index contributed by atoms with van der Waals surface area (Å²) in [5.41, 5.74) is 1.57. The van der Waals surface area contributed by atoms with Gasteiger partial charge in [0.2, 0.25) is 0 Å². The molecular weight excluding hydrogens is 232 g/mol. The van der Waals surface area contributed by atoms with Gasteiger partial charge in [-0.1, -0.05) is 0 Å². The van der Waals surface area contributed by atoms with Gasteiger partial charge in [0.15, 0.2) is 0 Å². The summed E-state index contributed by atoms with van der Waals surface area (Å²) in [6.45, 7) is 0. The quantitative estimate of drug-likeness (QED) is 0.709. The topological polar surface area (TPSA) is 83.7 Å². The van der Waals surface area contributed by atoms with Crippen molar-refractivity contribution in [3.05, 3.63) is 40.9 Å². The summed E-state index contributed by atoms with van der Waals surface area (Å²) in [6, 6.07) is 7.17. The van der Waals surface area contributed by atoms with Crippen molar-refractivity contribution in [2.45, 2.75) is 0 Å². The van der Waals surface area contributed by atoms with Gasteiger partial charge in [-0.25, -0.2) is 4.79 Å². The Kier molecular flexibility index (Phi) is 2.33. The molecule has 0 aliphatic heterocycles. The van der Waals surface area contributed by atoms with E-state index in [1.807, 2.05) is 6.07 Å². The number of benzene rings is 1. The highest BCUT2D eigenvalue weighted by molar-refractivity contribution is 5.91. The van der Waals surface area contributed by atoms with Crippen LogP contribution in [0.2, 0.25) is 0 Å². The smallest absolute Gasteiger partial charge is 0.346 e. The van der Waals surface area contributed by atoms with Crippen LogP contribution in [0.15, 0.2) is 35.3 Å². The highest BCUT2D eigenvalue weighted by atomic mass is 16.5. The molecule has 0 aliphatic rings. The number of hydrogen-bond donors (Lipinski definition) is 2. The van der Waals surface area contributed by atoms with Gasteiger partial charge in [0.1, 0.15) is 11.4 Å². The molecule has 0 atom stereocenters. The number of ether oxygens (including phenoxy) is 1. The summed E-state index contributed by atoms with van der Waals surface area (Å²) in [5, 5.41) is 7.48. The Hall–Kier alpha value is -2.63. The Morgan fingerprint density at radius 1 is 1.28 bits per heavy atom. The van der Waals surface area contributed by atoms with Crippen LogP contribution in [0.5, 0.6) is 5.75 Å². The molecule has 0 spiro atoms. The van der Waals surface area contributed by atoms with Crippen molar-refractivity contribution in [2.24, 2.45) is 0 Å². The average molecular weight is 242 g/mol. The summed E-state index contributed by atoms with van der Waals surface area (Å²) in [6.07, 6.45) is 1.62. The number of aromatic amines is 2. The standard InChI is InChI=1S/C12H10N4O2/c1-18-7-2-3-9-8(6-7)11(15-12(17)14-9)10-4-5-13-16-10/h2-6H,1H3,(H,13,16)(H,14,15,17). The first-order chi connectivity index (χ1) is 8.78. The minimum atomic E-state index is -0.391. The molecule has 0 saturated carbocycles. The lowest BCUT2D eigenvalue weighted by Gasteiger charge is -2.05. The van der Waals surface area contributed by atoms with E-state index in [1.54, 1.807) is 31.5 Å². The molecule has 90 valence electrons. The van der Waals surface area contributed by atoms with E-state index < -0.39 is 5.69 Å². The van der Waals surface area contributed by atoms with Gasteiger partial charge in [0, 0.05) is 11.6 Å². The van der Waals surface area contributed by atoms with Gasteiger partial charge < -0.3 is 9.72 Å². The third-order valence-corrected chi connectivity index (χ3v) is 2.69. The highest BCUT2D eigenvalue weighted by Gasteiger charge is 2.09. The number of nitrogens with one attached hydrogen (secondary N) is 2. The second-order valence-corrected chi connectivity index (χ2v) is 3.77. The molecule has 0 radical (unpaired) electrons. The summed E-state index contributed by atoms with van der Waals surface area (Å²) in [5.74, 6) is 0.706. The highest BCUT2D eigenvalue weighted by Crippen LogP contribution is 2.25. The Morgan fingerprint density at radius 2 is 2.17 bits per heavy atom. The summed E-state index contributed by atoms with van der Waals surface area (Å²) in [7, 11) is 1.59. The average Bonchev–Trinajstić information content (AvgIpc) is 2.91. The van der Waals surface area contributed by atoms with E-state index in [9.17, 15) is 4.79 Å². The summed E-state index contributed by atoms with van der Waals surface area (Å²) in [4.78, 5) is 18.2. The number of methoxy groups -OCH3 is 1. The van der Waals surface area contributed by atoms with Crippen LogP contribution in [-0.4, -0.2) is 27.3 Å². The molecule has 18 heavy (non-hydrogen) atoms. The van der Waals surface area contributed by atoms with Crippen LogP contribution in [0.1, 0.15) is 0 Å². The Labute approximate surface area is 102 Å². The largest absolute Gasteiger partial charge is 0.497 e. The van der Waals surface area contributed by atoms with E-state index in [1.165, 1.54) is 0 Å². The molecule has 6 nitrogen and oxygen atoms in total. The van der Waals surface area contributed by atoms with Gasteiger partial charge in [0.25, 0.3) is 0 Å². The van der Waals surface area contributed by atoms with Gasteiger partial charge in [0.05, 0.1) is 18.3 Å². The predicted molar refractivity (Wildman–Crippen MR) is 66.5 cm³/mol. The molecule has 6 heteroatoms.